The van der Waals surface area contributed by atoms with E-state index in [0.717, 1.165) is 14.7 Å². The van der Waals surface area contributed by atoms with Gasteiger partial charge in [0.25, 0.3) is 5.91 Å². The zero-order valence-corrected chi connectivity index (χ0v) is 13.4. The summed E-state index contributed by atoms with van der Waals surface area (Å²) in [4.78, 5) is 12.2. The minimum Gasteiger partial charge on any atom is -0.333 e. The predicted molar refractivity (Wildman–Crippen MR) is 79.6 cm³/mol. The van der Waals surface area contributed by atoms with Gasteiger partial charge in [0.05, 0.1) is 6.07 Å². The molecule has 0 spiro atoms. The highest BCUT2D eigenvalue weighted by atomic mass is 79.9. The molecule has 1 aromatic carbocycles. The summed E-state index contributed by atoms with van der Waals surface area (Å²) in [6.07, 6.45) is 0.703. The van der Waals surface area contributed by atoms with Crippen molar-refractivity contribution in [3.8, 4) is 6.07 Å². The lowest BCUT2D eigenvalue weighted by Crippen LogP contribution is -2.47. The maximum Gasteiger partial charge on any atom is 0.252 e. The van der Waals surface area contributed by atoms with Gasteiger partial charge in [-0.1, -0.05) is 31.9 Å². The van der Waals surface area contributed by atoms with Crippen molar-refractivity contribution in [3.63, 3.8) is 0 Å². The van der Waals surface area contributed by atoms with Crippen molar-refractivity contribution in [1.82, 2.24) is 5.32 Å². The molecule has 1 saturated heterocycles. The van der Waals surface area contributed by atoms with Crippen LogP contribution in [0.25, 0.3) is 0 Å². The SMILES string of the molecule is N#CC1(NC(=O)c2cc(Br)cc(Br)c2)CCSC1. The lowest BCUT2D eigenvalue weighted by Gasteiger charge is -2.21. The molecule has 18 heavy (non-hydrogen) atoms. The molecule has 1 heterocycles. The summed E-state index contributed by atoms with van der Waals surface area (Å²) in [5.41, 5.74) is -0.168. The number of thioether (sulfide) groups is 1. The summed E-state index contributed by atoms with van der Waals surface area (Å²) in [5.74, 6) is 1.36. The van der Waals surface area contributed by atoms with E-state index in [0.29, 0.717) is 17.7 Å². The minimum absolute atomic E-state index is 0.207. The Hall–Kier alpha value is -0.510. The second-order valence-electron chi connectivity index (χ2n) is 4.11. The van der Waals surface area contributed by atoms with E-state index >= 15 is 0 Å². The Labute approximate surface area is 127 Å². The molecule has 0 aromatic heterocycles. The number of nitriles is 1. The quantitative estimate of drug-likeness (QED) is 0.843. The summed E-state index contributed by atoms with van der Waals surface area (Å²) < 4.78 is 1.66. The van der Waals surface area contributed by atoms with Gasteiger partial charge in [-0.3, -0.25) is 4.79 Å². The summed E-state index contributed by atoms with van der Waals surface area (Å²) >= 11 is 8.38. The highest BCUT2D eigenvalue weighted by Gasteiger charge is 2.36. The lowest BCUT2D eigenvalue weighted by molar-refractivity contribution is 0.0926. The molecule has 1 aliphatic heterocycles. The van der Waals surface area contributed by atoms with E-state index in [1.54, 1.807) is 23.9 Å². The standard InChI is InChI=1S/C12H10Br2N2OS/c13-9-3-8(4-10(14)5-9)11(17)16-12(6-15)1-2-18-7-12/h3-5H,1-2,7H2,(H,16,17). The Morgan fingerprint density at radius 3 is 2.56 bits per heavy atom. The zero-order valence-electron chi connectivity index (χ0n) is 9.37. The van der Waals surface area contributed by atoms with Crippen molar-refractivity contribution in [1.29, 1.82) is 5.26 Å². The molecule has 2 rings (SSSR count). The normalized spacial score (nSPS) is 22.5. The molecule has 1 fully saturated rings. The highest BCUT2D eigenvalue weighted by Crippen LogP contribution is 2.28. The van der Waals surface area contributed by atoms with Crippen LogP contribution in [0.2, 0.25) is 0 Å². The monoisotopic (exact) mass is 388 g/mol. The van der Waals surface area contributed by atoms with Crippen molar-refractivity contribution in [2.45, 2.75) is 12.0 Å². The molecule has 3 nitrogen and oxygen atoms in total. The summed E-state index contributed by atoms with van der Waals surface area (Å²) in [7, 11) is 0. The Morgan fingerprint density at radius 1 is 1.39 bits per heavy atom. The van der Waals surface area contributed by atoms with Crippen LogP contribution in [0.3, 0.4) is 0 Å². The van der Waals surface area contributed by atoms with Crippen LogP contribution in [0.4, 0.5) is 0 Å². The smallest absolute Gasteiger partial charge is 0.252 e. The molecular formula is C12H10Br2N2OS. The second kappa shape index (κ2) is 5.64. The molecule has 1 N–H and O–H groups in total. The number of amides is 1. The van der Waals surface area contributed by atoms with Crippen LogP contribution in [-0.4, -0.2) is 23.0 Å². The van der Waals surface area contributed by atoms with Crippen molar-refractivity contribution in [3.05, 3.63) is 32.7 Å². The third-order valence-corrected chi connectivity index (χ3v) is 4.82. The van der Waals surface area contributed by atoms with Gasteiger partial charge in [0.1, 0.15) is 5.54 Å². The maximum atomic E-state index is 12.2. The zero-order chi connectivity index (χ0) is 13.2. The average Bonchev–Trinajstić information content (AvgIpc) is 2.77. The third kappa shape index (κ3) is 3.08. The van der Waals surface area contributed by atoms with Crippen molar-refractivity contribution in [2.24, 2.45) is 0 Å². The van der Waals surface area contributed by atoms with E-state index in [9.17, 15) is 10.1 Å². The van der Waals surface area contributed by atoms with E-state index in [1.165, 1.54) is 0 Å². The number of nitrogens with zero attached hydrogens (tertiary/aromatic N) is 1. The van der Waals surface area contributed by atoms with E-state index < -0.39 is 5.54 Å². The maximum absolute atomic E-state index is 12.2. The molecule has 0 saturated carbocycles. The first kappa shape index (κ1) is 13.9. The van der Waals surface area contributed by atoms with Crippen LogP contribution in [0.5, 0.6) is 0 Å². The molecule has 1 aliphatic rings. The molecule has 1 aromatic rings. The highest BCUT2D eigenvalue weighted by molar-refractivity contribution is 9.11. The molecule has 1 unspecified atom stereocenters. The summed E-state index contributed by atoms with van der Waals surface area (Å²) in [6.45, 7) is 0. The first-order valence-corrected chi connectivity index (χ1v) is 8.06. The number of halogens is 2. The van der Waals surface area contributed by atoms with Gasteiger partial charge in [0.2, 0.25) is 0 Å². The predicted octanol–water partition coefficient (Wildman–Crippen LogP) is 3.34. The van der Waals surface area contributed by atoms with Crippen LogP contribution < -0.4 is 5.32 Å². The van der Waals surface area contributed by atoms with Crippen molar-refractivity contribution < 1.29 is 4.79 Å². The van der Waals surface area contributed by atoms with Crippen molar-refractivity contribution >= 4 is 49.5 Å². The second-order valence-corrected chi connectivity index (χ2v) is 7.05. The van der Waals surface area contributed by atoms with Crippen LogP contribution in [0, 0.1) is 11.3 Å². The minimum atomic E-state index is -0.712. The molecule has 94 valence electrons. The van der Waals surface area contributed by atoms with Crippen LogP contribution in [-0.2, 0) is 0 Å². The Kier molecular flexibility index (Phi) is 4.36. The number of carbonyl (C=O) groups excluding carboxylic acids is 1. The van der Waals surface area contributed by atoms with Gasteiger partial charge in [-0.25, -0.2) is 0 Å². The van der Waals surface area contributed by atoms with Gasteiger partial charge in [-0.05, 0) is 30.4 Å². The topological polar surface area (TPSA) is 52.9 Å². The number of hydrogen-bond acceptors (Lipinski definition) is 3. The van der Waals surface area contributed by atoms with E-state index in [2.05, 4.69) is 43.2 Å². The molecule has 0 aliphatic carbocycles. The molecule has 0 radical (unpaired) electrons. The fraction of sp³-hybridized carbons (Fsp3) is 0.333. The number of nitrogens with one attached hydrogen (secondary N) is 1. The summed E-state index contributed by atoms with van der Waals surface area (Å²) in [5, 5.41) is 12.1. The Morgan fingerprint density at radius 2 is 2.06 bits per heavy atom. The summed E-state index contributed by atoms with van der Waals surface area (Å²) in [6, 6.07) is 7.58. The third-order valence-electron chi connectivity index (χ3n) is 2.71. The number of benzene rings is 1. The van der Waals surface area contributed by atoms with Gasteiger partial charge in [0.15, 0.2) is 0 Å². The van der Waals surface area contributed by atoms with Gasteiger partial charge in [0, 0.05) is 20.3 Å². The van der Waals surface area contributed by atoms with Gasteiger partial charge >= 0.3 is 0 Å². The number of hydrogen-bond donors (Lipinski definition) is 1. The van der Waals surface area contributed by atoms with E-state index in [4.69, 9.17) is 0 Å². The first-order valence-electron chi connectivity index (χ1n) is 5.32. The van der Waals surface area contributed by atoms with Crippen LogP contribution in [0.15, 0.2) is 27.1 Å². The van der Waals surface area contributed by atoms with Crippen LogP contribution in [0.1, 0.15) is 16.8 Å². The Balaban J connectivity index is 2.19. The fourth-order valence-electron chi connectivity index (χ4n) is 1.75. The number of rotatable bonds is 2. The van der Waals surface area contributed by atoms with Gasteiger partial charge < -0.3 is 5.32 Å². The molecule has 6 heteroatoms. The fourth-order valence-corrected chi connectivity index (χ4v) is 4.31. The van der Waals surface area contributed by atoms with E-state index in [1.807, 2.05) is 6.07 Å². The van der Waals surface area contributed by atoms with Gasteiger partial charge in [-0.15, -0.1) is 0 Å². The molecule has 1 amide bonds. The average molecular weight is 390 g/mol. The largest absolute Gasteiger partial charge is 0.333 e. The molecule has 0 bridgehead atoms. The lowest BCUT2D eigenvalue weighted by atomic mass is 10.0. The van der Waals surface area contributed by atoms with Crippen LogP contribution >= 0.6 is 43.6 Å². The van der Waals surface area contributed by atoms with Crippen molar-refractivity contribution in [2.75, 3.05) is 11.5 Å². The van der Waals surface area contributed by atoms with E-state index in [-0.39, 0.29) is 5.91 Å². The Bertz CT molecular complexity index is 501. The van der Waals surface area contributed by atoms with Gasteiger partial charge in [-0.2, -0.15) is 17.0 Å². The first-order chi connectivity index (χ1) is 8.54. The number of carbonyl (C=O) groups is 1. The molecular weight excluding hydrogens is 380 g/mol. The molecule has 1 atom stereocenters.